The van der Waals surface area contributed by atoms with E-state index in [0.29, 0.717) is 5.04 Å². The molecule has 1 heteroatoms. The molecule has 0 heterocycles. The maximum Gasteiger partial charge on any atom is 0.00994 e. The first-order valence-electron chi connectivity index (χ1n) is 3.92. The Labute approximate surface area is 62.5 Å². The van der Waals surface area contributed by atoms with Gasteiger partial charge in [-0.1, -0.05) is 40.5 Å². The van der Waals surface area contributed by atoms with Crippen molar-refractivity contribution in [3.05, 3.63) is 0 Å². The molecule has 56 valence electrons. The van der Waals surface area contributed by atoms with Crippen LogP contribution in [0.15, 0.2) is 0 Å². The first-order chi connectivity index (χ1) is 3.92. The molecule has 0 aliphatic rings. The van der Waals surface area contributed by atoms with Crippen LogP contribution in [0, 0.1) is 5.92 Å². The second-order valence-corrected chi connectivity index (χ2v) is 7.20. The minimum atomic E-state index is 0.671. The standard InChI is InChI=1S/C8H20Si/c1-7(2)5-6-8(3,4)9/h7H,5-6H2,1-4,9H3. The van der Waals surface area contributed by atoms with Crippen LogP contribution in [0.25, 0.3) is 0 Å². The smallest absolute Gasteiger partial charge is 0.00994 e. The van der Waals surface area contributed by atoms with Gasteiger partial charge in [0.15, 0.2) is 0 Å². The van der Waals surface area contributed by atoms with Gasteiger partial charge >= 0.3 is 0 Å². The highest BCUT2D eigenvalue weighted by Crippen LogP contribution is 2.27. The molecule has 0 saturated carbocycles. The van der Waals surface area contributed by atoms with Gasteiger partial charge in [-0.15, -0.1) is 0 Å². The largest absolute Gasteiger partial charge is 0.0632 e. The lowest BCUT2D eigenvalue weighted by Gasteiger charge is -2.18. The van der Waals surface area contributed by atoms with Crippen molar-refractivity contribution in [1.29, 1.82) is 0 Å². The second kappa shape index (κ2) is 3.40. The molecule has 0 amide bonds. The topological polar surface area (TPSA) is 0 Å². The molecule has 0 rings (SSSR count). The van der Waals surface area contributed by atoms with Crippen LogP contribution in [0.5, 0.6) is 0 Å². The summed E-state index contributed by atoms with van der Waals surface area (Å²) in [5.74, 6) is 0.887. The average Bonchev–Trinajstić information content (AvgIpc) is 1.59. The first kappa shape index (κ1) is 9.22. The van der Waals surface area contributed by atoms with Crippen molar-refractivity contribution >= 4 is 10.2 Å². The fraction of sp³-hybridized carbons (Fsp3) is 1.00. The summed E-state index contributed by atoms with van der Waals surface area (Å²) in [5.41, 5.74) is 0. The lowest BCUT2D eigenvalue weighted by atomic mass is 10.0. The highest BCUT2D eigenvalue weighted by molar-refractivity contribution is 6.14. The third-order valence-corrected chi connectivity index (χ3v) is 1.97. The van der Waals surface area contributed by atoms with Gasteiger partial charge in [0.25, 0.3) is 0 Å². The van der Waals surface area contributed by atoms with Crippen molar-refractivity contribution in [3.8, 4) is 0 Å². The summed E-state index contributed by atoms with van der Waals surface area (Å²) < 4.78 is 0. The van der Waals surface area contributed by atoms with Crippen molar-refractivity contribution in [2.75, 3.05) is 0 Å². The van der Waals surface area contributed by atoms with Crippen LogP contribution < -0.4 is 0 Å². The zero-order chi connectivity index (χ0) is 7.49. The first-order valence-corrected chi connectivity index (χ1v) is 4.92. The third-order valence-electron chi connectivity index (χ3n) is 1.47. The molecule has 0 fully saturated rings. The van der Waals surface area contributed by atoms with Gasteiger partial charge < -0.3 is 0 Å². The molecule has 0 aromatic carbocycles. The molecule has 0 aromatic heterocycles. The minimum Gasteiger partial charge on any atom is -0.0632 e. The minimum absolute atomic E-state index is 0.671. The van der Waals surface area contributed by atoms with Crippen molar-refractivity contribution in [3.63, 3.8) is 0 Å². The van der Waals surface area contributed by atoms with Crippen LogP contribution >= 0.6 is 0 Å². The molecule has 0 nitrogen and oxygen atoms in total. The van der Waals surface area contributed by atoms with Gasteiger partial charge in [-0.25, -0.2) is 0 Å². The predicted molar refractivity (Wildman–Crippen MR) is 48.1 cm³/mol. The maximum atomic E-state index is 2.36. The van der Waals surface area contributed by atoms with Crippen LogP contribution in [0.4, 0.5) is 0 Å². The summed E-state index contributed by atoms with van der Waals surface area (Å²) >= 11 is 0. The Kier molecular flexibility index (Phi) is 3.48. The van der Waals surface area contributed by atoms with E-state index in [4.69, 9.17) is 0 Å². The van der Waals surface area contributed by atoms with Crippen molar-refractivity contribution in [2.24, 2.45) is 5.92 Å². The van der Waals surface area contributed by atoms with Crippen LogP contribution in [0.2, 0.25) is 5.04 Å². The normalized spacial score (nSPS) is 13.0. The Morgan fingerprint density at radius 2 is 1.78 bits per heavy atom. The number of rotatable bonds is 3. The van der Waals surface area contributed by atoms with E-state index in [1.807, 2.05) is 0 Å². The summed E-state index contributed by atoms with van der Waals surface area (Å²) in [7, 11) is 1.33. The van der Waals surface area contributed by atoms with Crippen molar-refractivity contribution in [1.82, 2.24) is 0 Å². The number of hydrogen-bond donors (Lipinski definition) is 0. The van der Waals surface area contributed by atoms with Crippen LogP contribution in [-0.4, -0.2) is 10.2 Å². The van der Waals surface area contributed by atoms with E-state index < -0.39 is 0 Å². The number of hydrogen-bond acceptors (Lipinski definition) is 0. The van der Waals surface area contributed by atoms with E-state index >= 15 is 0 Å². The fourth-order valence-electron chi connectivity index (χ4n) is 0.722. The molecular weight excluding hydrogens is 124 g/mol. The molecule has 0 bridgehead atoms. The molecule has 0 aliphatic heterocycles. The highest BCUT2D eigenvalue weighted by Gasteiger charge is 2.09. The highest BCUT2D eigenvalue weighted by atomic mass is 28.1. The summed E-state index contributed by atoms with van der Waals surface area (Å²) in [6.45, 7) is 9.32. The van der Waals surface area contributed by atoms with Crippen molar-refractivity contribution in [2.45, 2.75) is 45.6 Å². The molecule has 0 aromatic rings. The van der Waals surface area contributed by atoms with E-state index in [1.165, 1.54) is 23.1 Å². The SMILES string of the molecule is CC(C)CCC(C)(C)[SiH3]. The summed E-state index contributed by atoms with van der Waals surface area (Å²) in [5, 5.41) is 0.671. The van der Waals surface area contributed by atoms with Crippen LogP contribution in [0.3, 0.4) is 0 Å². The van der Waals surface area contributed by atoms with Crippen molar-refractivity contribution < 1.29 is 0 Å². The molecule has 0 unspecified atom stereocenters. The molecule has 0 atom stereocenters. The lowest BCUT2D eigenvalue weighted by molar-refractivity contribution is 0.489. The zero-order valence-corrected chi connectivity index (χ0v) is 9.49. The van der Waals surface area contributed by atoms with Gasteiger partial charge in [-0.05, 0) is 11.0 Å². The van der Waals surface area contributed by atoms with Gasteiger partial charge in [0, 0.05) is 10.2 Å². The van der Waals surface area contributed by atoms with E-state index in [2.05, 4.69) is 27.7 Å². The third kappa shape index (κ3) is 8.22. The van der Waals surface area contributed by atoms with Gasteiger partial charge in [0.2, 0.25) is 0 Å². The van der Waals surface area contributed by atoms with Crippen LogP contribution in [-0.2, 0) is 0 Å². The van der Waals surface area contributed by atoms with E-state index in [0.717, 1.165) is 5.92 Å². The Balaban J connectivity index is 3.28. The maximum absolute atomic E-state index is 2.36. The summed E-state index contributed by atoms with van der Waals surface area (Å²) in [6.07, 6.45) is 2.81. The molecule has 9 heavy (non-hydrogen) atoms. The van der Waals surface area contributed by atoms with E-state index in [-0.39, 0.29) is 0 Å². The molecule has 0 saturated heterocycles. The second-order valence-electron chi connectivity index (χ2n) is 4.49. The Morgan fingerprint density at radius 1 is 1.33 bits per heavy atom. The lowest BCUT2D eigenvalue weighted by Crippen LogP contribution is -2.03. The molecule has 0 spiro atoms. The quantitative estimate of drug-likeness (QED) is 0.531. The van der Waals surface area contributed by atoms with Crippen LogP contribution in [0.1, 0.15) is 40.5 Å². The Morgan fingerprint density at radius 3 is 1.89 bits per heavy atom. The van der Waals surface area contributed by atoms with Gasteiger partial charge in [-0.3, -0.25) is 0 Å². The zero-order valence-electron chi connectivity index (χ0n) is 7.49. The van der Waals surface area contributed by atoms with E-state index in [1.54, 1.807) is 0 Å². The summed E-state index contributed by atoms with van der Waals surface area (Å²) in [4.78, 5) is 0. The Bertz CT molecular complexity index is 69.1. The molecular formula is C8H20Si. The van der Waals surface area contributed by atoms with Gasteiger partial charge in [0.1, 0.15) is 0 Å². The summed E-state index contributed by atoms with van der Waals surface area (Å²) in [6, 6.07) is 0. The predicted octanol–water partition coefficient (Wildman–Crippen LogP) is 1.99. The van der Waals surface area contributed by atoms with Gasteiger partial charge in [0.05, 0.1) is 0 Å². The fourth-order valence-corrected chi connectivity index (χ4v) is 1.01. The van der Waals surface area contributed by atoms with Gasteiger partial charge in [-0.2, -0.15) is 0 Å². The molecule has 0 radical (unpaired) electrons. The molecule has 0 N–H and O–H groups in total. The van der Waals surface area contributed by atoms with E-state index in [9.17, 15) is 0 Å². The average molecular weight is 144 g/mol. The monoisotopic (exact) mass is 144 g/mol. The Hall–Kier alpha value is 0.217. The molecule has 0 aliphatic carbocycles.